The maximum absolute atomic E-state index is 13.2. The van der Waals surface area contributed by atoms with Crippen LogP contribution < -0.4 is 4.90 Å². The van der Waals surface area contributed by atoms with E-state index in [1.54, 1.807) is 0 Å². The maximum Gasteiger partial charge on any atom is 0.242 e. The molecule has 33 heavy (non-hydrogen) atoms. The van der Waals surface area contributed by atoms with Crippen LogP contribution in [0.2, 0.25) is 0 Å². The summed E-state index contributed by atoms with van der Waals surface area (Å²) in [7, 11) is 0. The summed E-state index contributed by atoms with van der Waals surface area (Å²) >= 11 is 0. The first-order valence-corrected chi connectivity index (χ1v) is 12.0. The summed E-state index contributed by atoms with van der Waals surface area (Å²) in [4.78, 5) is 35.1. The first kappa shape index (κ1) is 23.0. The van der Waals surface area contributed by atoms with Crippen LogP contribution in [0.25, 0.3) is 11.0 Å². The molecule has 0 radical (unpaired) electrons. The number of carbonyl (C=O) groups excluding carboxylic acids is 2. The van der Waals surface area contributed by atoms with Crippen LogP contribution in [0.15, 0.2) is 42.5 Å². The quantitative estimate of drug-likeness (QED) is 0.498. The zero-order valence-corrected chi connectivity index (χ0v) is 20.2. The second-order valence-corrected chi connectivity index (χ2v) is 9.07. The van der Waals surface area contributed by atoms with Crippen LogP contribution in [0.1, 0.15) is 56.0 Å². The number of imidazole rings is 1. The van der Waals surface area contributed by atoms with Gasteiger partial charge < -0.3 is 14.4 Å². The number of benzene rings is 2. The van der Waals surface area contributed by atoms with Gasteiger partial charge in [0.1, 0.15) is 12.4 Å². The predicted molar refractivity (Wildman–Crippen MR) is 133 cm³/mol. The SMILES string of the molecule is CCCN(CCC)C(=O)Cn1c(C2CC(=O)N(c3c(C)cccc3C)C2)nc2ccccc21. The zero-order valence-electron chi connectivity index (χ0n) is 20.2. The minimum atomic E-state index is -0.0532. The third-order valence-corrected chi connectivity index (χ3v) is 6.52. The molecule has 0 saturated carbocycles. The van der Waals surface area contributed by atoms with Crippen molar-refractivity contribution in [2.75, 3.05) is 24.5 Å². The lowest BCUT2D eigenvalue weighted by Gasteiger charge is -2.23. The summed E-state index contributed by atoms with van der Waals surface area (Å²) in [5.74, 6) is 1.00. The van der Waals surface area contributed by atoms with Crippen molar-refractivity contribution < 1.29 is 9.59 Å². The molecule has 0 bridgehead atoms. The maximum atomic E-state index is 13.2. The van der Waals surface area contributed by atoms with Crippen molar-refractivity contribution in [1.82, 2.24) is 14.5 Å². The largest absolute Gasteiger partial charge is 0.341 e. The molecule has 174 valence electrons. The van der Waals surface area contributed by atoms with Crippen molar-refractivity contribution in [2.45, 2.75) is 59.4 Å². The minimum Gasteiger partial charge on any atom is -0.341 e. The molecule has 1 aliphatic heterocycles. The van der Waals surface area contributed by atoms with Crippen molar-refractivity contribution in [2.24, 2.45) is 0 Å². The second kappa shape index (κ2) is 9.77. The first-order chi connectivity index (χ1) is 15.9. The van der Waals surface area contributed by atoms with Gasteiger partial charge >= 0.3 is 0 Å². The number of aromatic nitrogens is 2. The Balaban J connectivity index is 1.68. The van der Waals surface area contributed by atoms with Gasteiger partial charge in [0.05, 0.1) is 11.0 Å². The molecule has 1 atom stereocenters. The lowest BCUT2D eigenvalue weighted by atomic mass is 10.1. The highest BCUT2D eigenvalue weighted by Gasteiger charge is 2.36. The molecule has 0 spiro atoms. The molecule has 0 aliphatic carbocycles. The summed E-state index contributed by atoms with van der Waals surface area (Å²) in [5.41, 5.74) is 5.02. The summed E-state index contributed by atoms with van der Waals surface area (Å²) in [6.07, 6.45) is 2.27. The Morgan fingerprint density at radius 2 is 1.70 bits per heavy atom. The first-order valence-electron chi connectivity index (χ1n) is 12.0. The number of hydrogen-bond acceptors (Lipinski definition) is 3. The Bertz CT molecular complexity index is 1140. The average Bonchev–Trinajstić information content (AvgIpc) is 3.34. The molecule has 6 nitrogen and oxygen atoms in total. The van der Waals surface area contributed by atoms with Crippen molar-refractivity contribution in [3.8, 4) is 0 Å². The minimum absolute atomic E-state index is 0.0532. The van der Waals surface area contributed by atoms with Crippen molar-refractivity contribution >= 4 is 28.5 Å². The molecule has 2 heterocycles. The number of aryl methyl sites for hydroxylation is 2. The highest BCUT2D eigenvalue weighted by atomic mass is 16.2. The van der Waals surface area contributed by atoms with E-state index in [2.05, 4.69) is 13.8 Å². The van der Waals surface area contributed by atoms with E-state index in [4.69, 9.17) is 4.98 Å². The molecule has 1 aromatic heterocycles. The summed E-state index contributed by atoms with van der Waals surface area (Å²) in [6, 6.07) is 14.1. The lowest BCUT2D eigenvalue weighted by molar-refractivity contribution is -0.131. The van der Waals surface area contributed by atoms with Gasteiger partial charge in [-0.2, -0.15) is 0 Å². The number of hydrogen-bond donors (Lipinski definition) is 0. The van der Waals surface area contributed by atoms with Gasteiger partial charge in [0, 0.05) is 37.7 Å². The molecule has 1 saturated heterocycles. The Morgan fingerprint density at radius 3 is 2.36 bits per heavy atom. The van der Waals surface area contributed by atoms with Crippen LogP contribution in [-0.4, -0.2) is 45.9 Å². The summed E-state index contributed by atoms with van der Waals surface area (Å²) < 4.78 is 2.04. The fourth-order valence-corrected chi connectivity index (χ4v) is 5.04. The Kier molecular flexibility index (Phi) is 6.82. The van der Waals surface area contributed by atoms with Gasteiger partial charge in [-0.1, -0.05) is 44.2 Å². The topological polar surface area (TPSA) is 58.4 Å². The highest BCUT2D eigenvalue weighted by Crippen LogP contribution is 2.36. The molecule has 4 rings (SSSR count). The number of rotatable bonds is 8. The van der Waals surface area contributed by atoms with E-state index < -0.39 is 0 Å². The summed E-state index contributed by atoms with van der Waals surface area (Å²) in [5, 5.41) is 0. The van der Waals surface area contributed by atoms with Crippen molar-refractivity contribution in [3.63, 3.8) is 0 Å². The Hall–Kier alpha value is -3.15. The third-order valence-electron chi connectivity index (χ3n) is 6.52. The third kappa shape index (κ3) is 4.52. The van der Waals surface area contributed by atoms with E-state index in [1.165, 1.54) is 0 Å². The molecule has 1 aliphatic rings. The smallest absolute Gasteiger partial charge is 0.242 e. The molecule has 2 aromatic carbocycles. The van der Waals surface area contributed by atoms with Gasteiger partial charge in [-0.3, -0.25) is 9.59 Å². The fourth-order valence-electron chi connectivity index (χ4n) is 5.04. The van der Waals surface area contributed by atoms with Crippen LogP contribution >= 0.6 is 0 Å². The Morgan fingerprint density at radius 1 is 1.03 bits per heavy atom. The van der Waals surface area contributed by atoms with Gasteiger partial charge in [0.15, 0.2) is 0 Å². The van der Waals surface area contributed by atoms with Crippen LogP contribution in [0.5, 0.6) is 0 Å². The molecular formula is C27H34N4O2. The number of carbonyl (C=O) groups is 2. The fraction of sp³-hybridized carbons (Fsp3) is 0.444. The van der Waals surface area contributed by atoms with Gasteiger partial charge in [-0.15, -0.1) is 0 Å². The van der Waals surface area contributed by atoms with Crippen LogP contribution in [0, 0.1) is 13.8 Å². The molecule has 6 heteroatoms. The Labute approximate surface area is 196 Å². The monoisotopic (exact) mass is 446 g/mol. The number of nitrogens with zero attached hydrogens (tertiary/aromatic N) is 4. The van der Waals surface area contributed by atoms with E-state index in [-0.39, 0.29) is 24.3 Å². The predicted octanol–water partition coefficient (Wildman–Crippen LogP) is 4.82. The normalized spacial score (nSPS) is 16.1. The van der Waals surface area contributed by atoms with Gasteiger partial charge in [0.2, 0.25) is 11.8 Å². The van der Waals surface area contributed by atoms with E-state index in [0.717, 1.165) is 59.6 Å². The number of anilines is 1. The van der Waals surface area contributed by atoms with Gasteiger partial charge in [-0.25, -0.2) is 4.98 Å². The van der Waals surface area contributed by atoms with Crippen LogP contribution in [0.4, 0.5) is 5.69 Å². The standard InChI is InChI=1S/C27H34N4O2/c1-5-14-29(15-6-2)25(33)18-30-23-13-8-7-12-22(23)28-27(30)21-16-24(32)31(17-21)26-19(3)10-9-11-20(26)4/h7-13,21H,5-6,14-18H2,1-4H3. The summed E-state index contributed by atoms with van der Waals surface area (Å²) in [6.45, 7) is 10.6. The average molecular weight is 447 g/mol. The number of amides is 2. The van der Waals surface area contributed by atoms with Crippen molar-refractivity contribution in [1.29, 1.82) is 0 Å². The second-order valence-electron chi connectivity index (χ2n) is 9.07. The lowest BCUT2D eigenvalue weighted by Crippen LogP contribution is -2.35. The van der Waals surface area contributed by atoms with E-state index in [0.29, 0.717) is 13.0 Å². The van der Waals surface area contributed by atoms with E-state index >= 15 is 0 Å². The molecule has 1 fully saturated rings. The van der Waals surface area contributed by atoms with Crippen molar-refractivity contribution in [3.05, 3.63) is 59.4 Å². The van der Waals surface area contributed by atoms with Crippen LogP contribution in [0.3, 0.4) is 0 Å². The van der Waals surface area contributed by atoms with Crippen LogP contribution in [-0.2, 0) is 16.1 Å². The molecule has 2 amide bonds. The molecular weight excluding hydrogens is 412 g/mol. The number of para-hydroxylation sites is 3. The van der Waals surface area contributed by atoms with E-state index in [9.17, 15) is 9.59 Å². The molecule has 3 aromatic rings. The molecule has 0 N–H and O–H groups in total. The molecule has 1 unspecified atom stereocenters. The zero-order chi connectivity index (χ0) is 23.5. The number of fused-ring (bicyclic) bond motifs is 1. The van der Waals surface area contributed by atoms with E-state index in [1.807, 2.05) is 70.7 Å². The van der Waals surface area contributed by atoms with Gasteiger partial charge in [-0.05, 0) is 49.9 Å². The van der Waals surface area contributed by atoms with Gasteiger partial charge in [0.25, 0.3) is 0 Å². The highest BCUT2D eigenvalue weighted by molar-refractivity contribution is 5.98.